The molecule has 4 nitrogen and oxygen atoms in total. The number of anilines is 1. The van der Waals surface area contributed by atoms with Crippen molar-refractivity contribution < 1.29 is 0 Å². The van der Waals surface area contributed by atoms with Crippen LogP contribution in [0, 0.1) is 6.92 Å². The first kappa shape index (κ1) is 16.5. The molecule has 0 saturated carbocycles. The molecule has 0 unspecified atom stereocenters. The number of hydrogen-bond acceptors (Lipinski definition) is 3. The normalized spacial score (nSPS) is 11.6. The first-order chi connectivity index (χ1) is 10.7. The second-order valence-electron chi connectivity index (χ2n) is 5.29. The smallest absolute Gasteiger partial charge is 0.193 e. The zero-order chi connectivity index (χ0) is 15.8. The van der Waals surface area contributed by atoms with Gasteiger partial charge in [-0.15, -0.1) is 11.3 Å². The molecule has 1 aromatic heterocycles. The van der Waals surface area contributed by atoms with Gasteiger partial charge in [0.2, 0.25) is 0 Å². The first-order valence-electron chi connectivity index (χ1n) is 7.74. The molecule has 2 aromatic rings. The van der Waals surface area contributed by atoms with Crippen molar-refractivity contribution >= 4 is 23.0 Å². The van der Waals surface area contributed by atoms with E-state index in [1.807, 2.05) is 19.1 Å². The van der Waals surface area contributed by atoms with E-state index in [1.54, 1.807) is 11.3 Å². The maximum Gasteiger partial charge on any atom is 0.193 e. The molecule has 0 saturated heterocycles. The number of aromatic nitrogens is 1. The topological polar surface area (TPSA) is 63.3 Å². The summed E-state index contributed by atoms with van der Waals surface area (Å²) in [5, 5.41) is 6.46. The molecule has 0 aliphatic heterocycles. The molecule has 1 aromatic carbocycles. The molecular weight excluding hydrogens is 292 g/mol. The predicted octanol–water partition coefficient (Wildman–Crippen LogP) is 3.76. The summed E-state index contributed by atoms with van der Waals surface area (Å²) in [7, 11) is 0. The van der Waals surface area contributed by atoms with Crippen LogP contribution in [0.5, 0.6) is 0 Å². The van der Waals surface area contributed by atoms with Gasteiger partial charge in [-0.1, -0.05) is 19.1 Å². The van der Waals surface area contributed by atoms with Crippen LogP contribution >= 0.6 is 11.3 Å². The zero-order valence-electron chi connectivity index (χ0n) is 13.3. The van der Waals surface area contributed by atoms with Crippen LogP contribution in [0.2, 0.25) is 0 Å². The number of rotatable bonds is 7. The molecule has 0 amide bonds. The molecule has 0 aliphatic rings. The monoisotopic (exact) mass is 316 g/mol. The van der Waals surface area contributed by atoms with Crippen LogP contribution in [-0.4, -0.2) is 17.5 Å². The van der Waals surface area contributed by atoms with Gasteiger partial charge in [0.25, 0.3) is 0 Å². The molecule has 3 N–H and O–H groups in total. The van der Waals surface area contributed by atoms with Crippen molar-refractivity contribution in [2.75, 3.05) is 11.9 Å². The summed E-state index contributed by atoms with van der Waals surface area (Å²) >= 11 is 1.74. The molecule has 0 atom stereocenters. The molecule has 0 spiro atoms. The van der Waals surface area contributed by atoms with Gasteiger partial charge in [0, 0.05) is 23.3 Å². The van der Waals surface area contributed by atoms with Gasteiger partial charge in [0.1, 0.15) is 0 Å². The van der Waals surface area contributed by atoms with Gasteiger partial charge in [-0.2, -0.15) is 0 Å². The fourth-order valence-corrected chi connectivity index (χ4v) is 2.98. The summed E-state index contributed by atoms with van der Waals surface area (Å²) in [6.07, 6.45) is 4.16. The lowest BCUT2D eigenvalue weighted by molar-refractivity contribution is 0.741. The van der Waals surface area contributed by atoms with E-state index in [0.717, 1.165) is 43.6 Å². The van der Waals surface area contributed by atoms with Crippen molar-refractivity contribution in [3.63, 3.8) is 0 Å². The van der Waals surface area contributed by atoms with E-state index in [0.29, 0.717) is 5.96 Å². The van der Waals surface area contributed by atoms with E-state index in [1.165, 1.54) is 10.6 Å². The highest BCUT2D eigenvalue weighted by Crippen LogP contribution is 2.12. The lowest BCUT2D eigenvalue weighted by Crippen LogP contribution is -2.22. The molecule has 2 rings (SSSR count). The van der Waals surface area contributed by atoms with Gasteiger partial charge in [-0.05, 0) is 50.3 Å². The average molecular weight is 316 g/mol. The number of aryl methyl sites for hydroxylation is 3. The first-order valence-corrected chi connectivity index (χ1v) is 8.62. The zero-order valence-corrected chi connectivity index (χ0v) is 14.1. The Morgan fingerprint density at radius 3 is 2.95 bits per heavy atom. The van der Waals surface area contributed by atoms with E-state index in [-0.39, 0.29) is 0 Å². The van der Waals surface area contributed by atoms with Gasteiger partial charge in [-0.3, -0.25) is 4.99 Å². The lowest BCUT2D eigenvalue weighted by Gasteiger charge is -2.07. The Morgan fingerprint density at radius 2 is 2.23 bits per heavy atom. The Kier molecular flexibility index (Phi) is 6.40. The van der Waals surface area contributed by atoms with Gasteiger partial charge < -0.3 is 11.1 Å². The van der Waals surface area contributed by atoms with Crippen LogP contribution in [0.25, 0.3) is 0 Å². The van der Waals surface area contributed by atoms with E-state index >= 15 is 0 Å². The van der Waals surface area contributed by atoms with Gasteiger partial charge >= 0.3 is 0 Å². The summed E-state index contributed by atoms with van der Waals surface area (Å²) in [5.74, 6) is 0.485. The second-order valence-corrected chi connectivity index (χ2v) is 6.23. The van der Waals surface area contributed by atoms with E-state index in [2.05, 4.69) is 39.7 Å². The molecule has 118 valence electrons. The van der Waals surface area contributed by atoms with E-state index in [9.17, 15) is 0 Å². The van der Waals surface area contributed by atoms with Crippen molar-refractivity contribution in [2.45, 2.75) is 39.5 Å². The third-order valence-electron chi connectivity index (χ3n) is 3.36. The highest BCUT2D eigenvalue weighted by molar-refractivity contribution is 7.09. The quantitative estimate of drug-likeness (QED) is 0.464. The molecule has 0 aliphatic carbocycles. The maximum atomic E-state index is 5.92. The van der Waals surface area contributed by atoms with Crippen molar-refractivity contribution in [1.82, 2.24) is 4.98 Å². The van der Waals surface area contributed by atoms with Crippen molar-refractivity contribution in [1.29, 1.82) is 0 Å². The second kappa shape index (κ2) is 8.54. The van der Waals surface area contributed by atoms with Crippen LogP contribution < -0.4 is 11.1 Å². The Bertz CT molecular complexity index is 619. The molecule has 0 bridgehead atoms. The van der Waals surface area contributed by atoms with Crippen LogP contribution in [0.4, 0.5) is 5.69 Å². The highest BCUT2D eigenvalue weighted by Gasteiger charge is 1.99. The molecule has 0 radical (unpaired) electrons. The molecule has 5 heteroatoms. The highest BCUT2D eigenvalue weighted by atomic mass is 32.1. The summed E-state index contributed by atoms with van der Waals surface area (Å²) in [5.41, 5.74) is 9.32. The molecule has 22 heavy (non-hydrogen) atoms. The molecule has 0 fully saturated rings. The predicted molar refractivity (Wildman–Crippen MR) is 95.7 cm³/mol. The number of nitrogens with two attached hydrogens (primary N) is 1. The number of unbranched alkanes of at least 4 members (excludes halogenated alkanes) is 1. The number of aliphatic imine (C=N–C) groups is 1. The largest absolute Gasteiger partial charge is 0.370 e. The third kappa shape index (κ3) is 5.48. The number of guanidine groups is 1. The number of nitrogens with zero attached hydrogens (tertiary/aromatic N) is 2. The van der Waals surface area contributed by atoms with E-state index < -0.39 is 0 Å². The van der Waals surface area contributed by atoms with Gasteiger partial charge in [0.05, 0.1) is 5.01 Å². The third-order valence-corrected chi connectivity index (χ3v) is 4.38. The standard InChI is InChI=1S/C17H24N4S/c1-3-14-7-6-8-15(11-14)21-17(18)19-10-5-4-9-16-20-13(2)12-22-16/h6-8,11-12H,3-5,9-10H2,1-2H3,(H3,18,19,21). The average Bonchev–Trinajstić information content (AvgIpc) is 2.92. The van der Waals surface area contributed by atoms with Crippen LogP contribution in [0.1, 0.15) is 36.0 Å². The van der Waals surface area contributed by atoms with E-state index in [4.69, 9.17) is 5.73 Å². The summed E-state index contributed by atoms with van der Waals surface area (Å²) in [6, 6.07) is 8.25. The summed E-state index contributed by atoms with van der Waals surface area (Å²) in [6.45, 7) is 4.92. The molecular formula is C17H24N4S. The Hall–Kier alpha value is -1.88. The summed E-state index contributed by atoms with van der Waals surface area (Å²) in [4.78, 5) is 8.84. The van der Waals surface area contributed by atoms with Crippen molar-refractivity contribution in [3.05, 3.63) is 45.9 Å². The lowest BCUT2D eigenvalue weighted by atomic mass is 10.1. The summed E-state index contributed by atoms with van der Waals surface area (Å²) < 4.78 is 0. The Morgan fingerprint density at radius 1 is 1.36 bits per heavy atom. The van der Waals surface area contributed by atoms with Crippen LogP contribution in [-0.2, 0) is 12.8 Å². The number of benzene rings is 1. The van der Waals surface area contributed by atoms with Crippen LogP contribution in [0.15, 0.2) is 34.6 Å². The number of nitrogens with one attached hydrogen (secondary N) is 1. The van der Waals surface area contributed by atoms with Crippen molar-refractivity contribution in [3.8, 4) is 0 Å². The fourth-order valence-electron chi connectivity index (χ4n) is 2.16. The molecule has 1 heterocycles. The number of hydrogen-bond donors (Lipinski definition) is 2. The minimum atomic E-state index is 0.485. The Labute approximate surface area is 136 Å². The minimum absolute atomic E-state index is 0.485. The fraction of sp³-hybridized carbons (Fsp3) is 0.412. The Balaban J connectivity index is 1.70. The minimum Gasteiger partial charge on any atom is -0.370 e. The van der Waals surface area contributed by atoms with Gasteiger partial charge in [-0.25, -0.2) is 4.98 Å². The maximum absolute atomic E-state index is 5.92. The van der Waals surface area contributed by atoms with Crippen molar-refractivity contribution in [2.24, 2.45) is 10.7 Å². The SMILES string of the molecule is CCc1cccc(NC(N)=NCCCCc2nc(C)cs2)c1. The number of thiazole rings is 1. The van der Waals surface area contributed by atoms with Crippen LogP contribution in [0.3, 0.4) is 0 Å². The van der Waals surface area contributed by atoms with Gasteiger partial charge in [0.15, 0.2) is 5.96 Å².